The molecule has 1 aliphatic rings. The maximum Gasteiger partial charge on any atom is 0.0798 e. The van der Waals surface area contributed by atoms with Gasteiger partial charge in [0.2, 0.25) is 0 Å². The molecule has 4 heteroatoms. The van der Waals surface area contributed by atoms with Gasteiger partial charge in [0.05, 0.1) is 24.4 Å². The number of hydrogen-bond donors (Lipinski definition) is 0. The van der Waals surface area contributed by atoms with Crippen LogP contribution >= 0.6 is 11.3 Å². The van der Waals surface area contributed by atoms with Gasteiger partial charge in [0.15, 0.2) is 0 Å². The zero-order valence-corrected chi connectivity index (χ0v) is 11.1. The Morgan fingerprint density at radius 2 is 2.06 bits per heavy atom. The molecule has 90 valence electrons. The van der Waals surface area contributed by atoms with Crippen LogP contribution in [0.15, 0.2) is 5.51 Å². The van der Waals surface area contributed by atoms with E-state index in [1.807, 2.05) is 5.51 Å². The zero-order valence-electron chi connectivity index (χ0n) is 10.3. The molecule has 2 heterocycles. The normalized spacial score (nSPS) is 18.9. The van der Waals surface area contributed by atoms with Crippen LogP contribution in [0.1, 0.15) is 31.3 Å². The van der Waals surface area contributed by atoms with Gasteiger partial charge in [0.25, 0.3) is 0 Å². The molecule has 0 bridgehead atoms. The largest absolute Gasteiger partial charge is 0.379 e. The molecule has 3 nitrogen and oxygen atoms in total. The van der Waals surface area contributed by atoms with E-state index in [4.69, 9.17) is 4.74 Å². The van der Waals surface area contributed by atoms with Crippen molar-refractivity contribution in [2.45, 2.75) is 32.7 Å². The van der Waals surface area contributed by atoms with Crippen molar-refractivity contribution in [1.29, 1.82) is 0 Å². The number of morpholine rings is 1. The van der Waals surface area contributed by atoms with E-state index in [0.717, 1.165) is 32.8 Å². The van der Waals surface area contributed by atoms with Crippen molar-refractivity contribution in [2.75, 3.05) is 26.3 Å². The molecule has 0 spiro atoms. The average molecular weight is 240 g/mol. The summed E-state index contributed by atoms with van der Waals surface area (Å²) in [6, 6.07) is 0. The molecule has 0 atom stereocenters. The van der Waals surface area contributed by atoms with Gasteiger partial charge in [-0.2, -0.15) is 0 Å². The Hall–Kier alpha value is -0.450. The molecule has 0 aromatic carbocycles. The second-order valence-electron chi connectivity index (χ2n) is 5.27. The molecular formula is C12H20N2OS. The minimum Gasteiger partial charge on any atom is -0.379 e. The SMILES string of the molecule is CC(C)(C)c1scnc1CN1CCOCC1. The lowest BCUT2D eigenvalue weighted by atomic mass is 9.93. The predicted molar refractivity (Wildman–Crippen MR) is 66.9 cm³/mol. The number of hydrogen-bond acceptors (Lipinski definition) is 4. The Kier molecular flexibility index (Phi) is 3.62. The molecule has 1 saturated heterocycles. The smallest absolute Gasteiger partial charge is 0.0798 e. The molecule has 1 fully saturated rings. The summed E-state index contributed by atoms with van der Waals surface area (Å²) in [5.74, 6) is 0. The van der Waals surface area contributed by atoms with Gasteiger partial charge in [-0.25, -0.2) is 4.98 Å². The van der Waals surface area contributed by atoms with Crippen molar-refractivity contribution in [2.24, 2.45) is 0 Å². The van der Waals surface area contributed by atoms with E-state index in [1.165, 1.54) is 10.6 Å². The molecule has 16 heavy (non-hydrogen) atoms. The first-order valence-electron chi connectivity index (χ1n) is 5.80. The van der Waals surface area contributed by atoms with Crippen molar-refractivity contribution >= 4 is 11.3 Å². The fraction of sp³-hybridized carbons (Fsp3) is 0.750. The third kappa shape index (κ3) is 2.81. The van der Waals surface area contributed by atoms with E-state index in [1.54, 1.807) is 11.3 Å². The summed E-state index contributed by atoms with van der Waals surface area (Å²) in [5, 5.41) is 0. The third-order valence-corrected chi connectivity index (χ3v) is 4.09. The summed E-state index contributed by atoms with van der Waals surface area (Å²) in [7, 11) is 0. The molecule has 2 rings (SSSR count). The summed E-state index contributed by atoms with van der Waals surface area (Å²) in [4.78, 5) is 8.35. The maximum absolute atomic E-state index is 5.36. The number of rotatable bonds is 2. The molecule has 0 aliphatic carbocycles. The fourth-order valence-corrected chi connectivity index (χ4v) is 2.85. The fourth-order valence-electron chi connectivity index (χ4n) is 1.96. The molecule has 1 aromatic heterocycles. The highest BCUT2D eigenvalue weighted by molar-refractivity contribution is 7.09. The standard InChI is InChI=1S/C12H20N2OS/c1-12(2,3)11-10(13-9-16-11)8-14-4-6-15-7-5-14/h9H,4-8H2,1-3H3. The van der Waals surface area contributed by atoms with Gasteiger partial charge in [-0.05, 0) is 5.41 Å². The average Bonchev–Trinajstić information content (AvgIpc) is 2.67. The second kappa shape index (κ2) is 4.82. The van der Waals surface area contributed by atoms with Crippen molar-refractivity contribution in [3.05, 3.63) is 16.1 Å². The molecule has 1 aliphatic heterocycles. The zero-order chi connectivity index (χ0) is 11.6. The van der Waals surface area contributed by atoms with Crippen LogP contribution in [0.25, 0.3) is 0 Å². The molecule has 0 amide bonds. The number of ether oxygens (including phenoxy) is 1. The van der Waals surface area contributed by atoms with E-state index in [0.29, 0.717) is 0 Å². The van der Waals surface area contributed by atoms with E-state index >= 15 is 0 Å². The Morgan fingerprint density at radius 3 is 2.69 bits per heavy atom. The quantitative estimate of drug-likeness (QED) is 0.793. The number of thiazole rings is 1. The first kappa shape index (κ1) is 12.0. The highest BCUT2D eigenvalue weighted by Crippen LogP contribution is 2.29. The Labute approximate surface area is 101 Å². The topological polar surface area (TPSA) is 25.4 Å². The lowest BCUT2D eigenvalue weighted by molar-refractivity contribution is 0.0335. The Bertz CT molecular complexity index is 337. The summed E-state index contributed by atoms with van der Waals surface area (Å²) in [6.07, 6.45) is 0. The van der Waals surface area contributed by atoms with Crippen molar-refractivity contribution < 1.29 is 4.74 Å². The highest BCUT2D eigenvalue weighted by Gasteiger charge is 2.22. The van der Waals surface area contributed by atoms with E-state index < -0.39 is 0 Å². The molecule has 0 radical (unpaired) electrons. The summed E-state index contributed by atoms with van der Waals surface area (Å²) >= 11 is 1.78. The third-order valence-electron chi connectivity index (χ3n) is 2.80. The monoisotopic (exact) mass is 240 g/mol. The Morgan fingerprint density at radius 1 is 1.38 bits per heavy atom. The van der Waals surface area contributed by atoms with E-state index in [2.05, 4.69) is 30.7 Å². The van der Waals surface area contributed by atoms with Crippen molar-refractivity contribution in [3.8, 4) is 0 Å². The van der Waals surface area contributed by atoms with Crippen LogP contribution in [0.5, 0.6) is 0 Å². The van der Waals surface area contributed by atoms with Crippen molar-refractivity contribution in [3.63, 3.8) is 0 Å². The van der Waals surface area contributed by atoms with Gasteiger partial charge in [0, 0.05) is 24.5 Å². The highest BCUT2D eigenvalue weighted by atomic mass is 32.1. The van der Waals surface area contributed by atoms with Crippen molar-refractivity contribution in [1.82, 2.24) is 9.88 Å². The maximum atomic E-state index is 5.36. The molecule has 0 unspecified atom stereocenters. The van der Waals surface area contributed by atoms with Crippen LogP contribution in [-0.4, -0.2) is 36.2 Å². The van der Waals surface area contributed by atoms with Crippen LogP contribution in [0.2, 0.25) is 0 Å². The van der Waals surface area contributed by atoms with Gasteiger partial charge in [0.1, 0.15) is 0 Å². The first-order valence-corrected chi connectivity index (χ1v) is 6.68. The van der Waals surface area contributed by atoms with Gasteiger partial charge in [-0.1, -0.05) is 20.8 Å². The number of nitrogens with zero attached hydrogens (tertiary/aromatic N) is 2. The summed E-state index contributed by atoms with van der Waals surface area (Å²) in [5.41, 5.74) is 3.43. The minimum absolute atomic E-state index is 0.211. The Balaban J connectivity index is 2.06. The summed E-state index contributed by atoms with van der Waals surface area (Å²) in [6.45, 7) is 11.5. The van der Waals surface area contributed by atoms with E-state index in [9.17, 15) is 0 Å². The van der Waals surface area contributed by atoms with Crippen LogP contribution in [0, 0.1) is 0 Å². The van der Waals surface area contributed by atoms with Gasteiger partial charge in [-0.3, -0.25) is 4.90 Å². The first-order chi connectivity index (χ1) is 7.57. The van der Waals surface area contributed by atoms with Crippen LogP contribution in [0.4, 0.5) is 0 Å². The van der Waals surface area contributed by atoms with Gasteiger partial charge < -0.3 is 4.74 Å². The molecular weight excluding hydrogens is 220 g/mol. The predicted octanol–water partition coefficient (Wildman–Crippen LogP) is 2.27. The van der Waals surface area contributed by atoms with Crippen LogP contribution < -0.4 is 0 Å². The lowest BCUT2D eigenvalue weighted by Crippen LogP contribution is -2.36. The van der Waals surface area contributed by atoms with Crippen LogP contribution in [-0.2, 0) is 16.7 Å². The van der Waals surface area contributed by atoms with Crippen LogP contribution in [0.3, 0.4) is 0 Å². The van der Waals surface area contributed by atoms with Gasteiger partial charge in [-0.15, -0.1) is 11.3 Å². The summed E-state index contributed by atoms with van der Waals surface area (Å²) < 4.78 is 5.36. The molecule has 0 N–H and O–H groups in total. The van der Waals surface area contributed by atoms with E-state index in [-0.39, 0.29) is 5.41 Å². The van der Waals surface area contributed by atoms with Gasteiger partial charge >= 0.3 is 0 Å². The minimum atomic E-state index is 0.211. The molecule has 1 aromatic rings. The number of aromatic nitrogens is 1. The second-order valence-corrected chi connectivity index (χ2v) is 6.12. The lowest BCUT2D eigenvalue weighted by Gasteiger charge is -2.27. The molecule has 0 saturated carbocycles.